The van der Waals surface area contributed by atoms with Crippen LogP contribution in [0.5, 0.6) is 0 Å². The van der Waals surface area contributed by atoms with Gasteiger partial charge in [0.25, 0.3) is 0 Å². The molecular formula is C16H11Cl2FO2. The van der Waals surface area contributed by atoms with Gasteiger partial charge < -0.3 is 4.74 Å². The summed E-state index contributed by atoms with van der Waals surface area (Å²) in [6, 6.07) is 10.7. The largest absolute Gasteiger partial charge is 0.458 e. The maximum Gasteiger partial charge on any atom is 0.331 e. The van der Waals surface area contributed by atoms with Crippen LogP contribution in [0.1, 0.15) is 11.1 Å². The lowest BCUT2D eigenvalue weighted by Gasteiger charge is -2.02. The maximum absolute atomic E-state index is 12.7. The Morgan fingerprint density at radius 3 is 2.52 bits per heavy atom. The molecule has 2 aromatic rings. The van der Waals surface area contributed by atoms with Crippen molar-refractivity contribution in [1.29, 1.82) is 0 Å². The zero-order valence-electron chi connectivity index (χ0n) is 10.9. The van der Waals surface area contributed by atoms with Gasteiger partial charge in [-0.05, 0) is 41.5 Å². The van der Waals surface area contributed by atoms with Crippen LogP contribution in [0.2, 0.25) is 10.0 Å². The second-order valence-corrected chi connectivity index (χ2v) is 5.08. The molecule has 0 atom stereocenters. The Morgan fingerprint density at radius 1 is 1.14 bits per heavy atom. The van der Waals surface area contributed by atoms with Crippen LogP contribution < -0.4 is 0 Å². The van der Waals surface area contributed by atoms with E-state index in [4.69, 9.17) is 27.9 Å². The fraction of sp³-hybridized carbons (Fsp3) is 0.0625. The number of halogens is 3. The summed E-state index contributed by atoms with van der Waals surface area (Å²) in [5.74, 6) is -0.840. The van der Waals surface area contributed by atoms with E-state index in [-0.39, 0.29) is 12.4 Å². The van der Waals surface area contributed by atoms with Gasteiger partial charge in [0, 0.05) is 16.1 Å². The summed E-state index contributed by atoms with van der Waals surface area (Å²) in [5.41, 5.74) is 1.38. The number of esters is 1. The molecular weight excluding hydrogens is 314 g/mol. The summed E-state index contributed by atoms with van der Waals surface area (Å²) in [6.07, 6.45) is 2.82. The normalized spacial score (nSPS) is 10.8. The molecule has 0 fully saturated rings. The number of carbonyl (C=O) groups excluding carboxylic acids is 1. The standard InChI is InChI=1S/C16H11Cl2FO2/c17-13-5-3-12(15(18)9-13)4-8-16(20)21-10-11-1-6-14(19)7-2-11/h1-9H,10H2/b8-4+. The molecule has 0 bridgehead atoms. The average Bonchev–Trinajstić information content (AvgIpc) is 2.46. The van der Waals surface area contributed by atoms with Gasteiger partial charge in [-0.3, -0.25) is 0 Å². The van der Waals surface area contributed by atoms with Crippen molar-refractivity contribution in [3.63, 3.8) is 0 Å². The Hall–Kier alpha value is -1.84. The molecule has 2 aromatic carbocycles. The molecule has 2 nitrogen and oxygen atoms in total. The van der Waals surface area contributed by atoms with Crippen LogP contribution in [-0.2, 0) is 16.1 Å². The second-order valence-electron chi connectivity index (χ2n) is 4.23. The lowest BCUT2D eigenvalue weighted by molar-refractivity contribution is -0.138. The summed E-state index contributed by atoms with van der Waals surface area (Å²) in [4.78, 5) is 11.6. The van der Waals surface area contributed by atoms with Crippen molar-refractivity contribution in [1.82, 2.24) is 0 Å². The molecule has 0 aliphatic carbocycles. The van der Waals surface area contributed by atoms with Gasteiger partial charge in [0.05, 0.1) is 0 Å². The van der Waals surface area contributed by atoms with Crippen LogP contribution >= 0.6 is 23.2 Å². The highest BCUT2D eigenvalue weighted by atomic mass is 35.5. The van der Waals surface area contributed by atoms with E-state index in [2.05, 4.69) is 0 Å². The third kappa shape index (κ3) is 4.88. The zero-order valence-corrected chi connectivity index (χ0v) is 12.4. The monoisotopic (exact) mass is 324 g/mol. The molecule has 0 unspecified atom stereocenters. The number of ether oxygens (including phenoxy) is 1. The summed E-state index contributed by atoms with van der Waals surface area (Å²) in [6.45, 7) is 0.0812. The van der Waals surface area contributed by atoms with Crippen molar-refractivity contribution < 1.29 is 13.9 Å². The summed E-state index contributed by atoms with van der Waals surface area (Å²) in [5, 5.41) is 0.973. The lowest BCUT2D eigenvalue weighted by Crippen LogP contribution is -2.00. The van der Waals surface area contributed by atoms with Gasteiger partial charge >= 0.3 is 5.97 Å². The van der Waals surface area contributed by atoms with Crippen molar-refractivity contribution >= 4 is 35.2 Å². The molecule has 0 spiro atoms. The van der Waals surface area contributed by atoms with E-state index in [1.54, 1.807) is 36.4 Å². The Bertz CT molecular complexity index is 666. The molecule has 0 N–H and O–H groups in total. The predicted molar refractivity (Wildman–Crippen MR) is 81.7 cm³/mol. The third-order valence-electron chi connectivity index (χ3n) is 2.66. The van der Waals surface area contributed by atoms with Gasteiger partial charge in [-0.1, -0.05) is 41.4 Å². The van der Waals surface area contributed by atoms with E-state index >= 15 is 0 Å². The first-order valence-electron chi connectivity index (χ1n) is 6.09. The van der Waals surface area contributed by atoms with E-state index in [0.29, 0.717) is 21.2 Å². The van der Waals surface area contributed by atoms with Gasteiger partial charge in [-0.15, -0.1) is 0 Å². The minimum atomic E-state index is -0.509. The van der Waals surface area contributed by atoms with E-state index in [9.17, 15) is 9.18 Å². The first-order valence-corrected chi connectivity index (χ1v) is 6.84. The lowest BCUT2D eigenvalue weighted by atomic mass is 10.2. The SMILES string of the molecule is O=C(/C=C/c1ccc(Cl)cc1Cl)OCc1ccc(F)cc1. The molecule has 0 heterocycles. The van der Waals surface area contributed by atoms with Crippen LogP contribution in [0.3, 0.4) is 0 Å². The van der Waals surface area contributed by atoms with Crippen LogP contribution in [0, 0.1) is 5.82 Å². The van der Waals surface area contributed by atoms with Crippen LogP contribution in [-0.4, -0.2) is 5.97 Å². The van der Waals surface area contributed by atoms with E-state index in [1.807, 2.05) is 0 Å². The van der Waals surface area contributed by atoms with Crippen molar-refractivity contribution in [2.75, 3.05) is 0 Å². The van der Waals surface area contributed by atoms with E-state index < -0.39 is 5.97 Å². The third-order valence-corrected chi connectivity index (χ3v) is 3.22. The van der Waals surface area contributed by atoms with Crippen molar-refractivity contribution in [3.8, 4) is 0 Å². The van der Waals surface area contributed by atoms with Gasteiger partial charge in [0.2, 0.25) is 0 Å². The number of hydrogen-bond donors (Lipinski definition) is 0. The smallest absolute Gasteiger partial charge is 0.331 e. The fourth-order valence-electron chi connectivity index (χ4n) is 1.58. The molecule has 0 saturated carbocycles. The molecule has 0 saturated heterocycles. The first-order chi connectivity index (χ1) is 10.0. The van der Waals surface area contributed by atoms with E-state index in [1.165, 1.54) is 18.2 Å². The van der Waals surface area contributed by atoms with Gasteiger partial charge in [-0.25, -0.2) is 9.18 Å². The highest BCUT2D eigenvalue weighted by molar-refractivity contribution is 6.35. The number of rotatable bonds is 4. The predicted octanol–water partition coefficient (Wildman–Crippen LogP) is 4.89. The zero-order chi connectivity index (χ0) is 15.2. The Morgan fingerprint density at radius 2 is 1.86 bits per heavy atom. The van der Waals surface area contributed by atoms with Gasteiger partial charge in [0.15, 0.2) is 0 Å². The number of benzene rings is 2. The number of hydrogen-bond acceptors (Lipinski definition) is 2. The van der Waals surface area contributed by atoms with Gasteiger partial charge in [0.1, 0.15) is 12.4 Å². The molecule has 0 aliphatic rings. The van der Waals surface area contributed by atoms with Crippen molar-refractivity contribution in [2.24, 2.45) is 0 Å². The molecule has 108 valence electrons. The summed E-state index contributed by atoms with van der Waals surface area (Å²) < 4.78 is 17.8. The molecule has 0 amide bonds. The molecule has 5 heteroatoms. The molecule has 2 rings (SSSR count). The molecule has 21 heavy (non-hydrogen) atoms. The molecule has 0 aliphatic heterocycles. The quantitative estimate of drug-likeness (QED) is 0.591. The summed E-state index contributed by atoms with van der Waals surface area (Å²) >= 11 is 11.8. The van der Waals surface area contributed by atoms with E-state index in [0.717, 1.165) is 0 Å². The highest BCUT2D eigenvalue weighted by Gasteiger charge is 2.01. The second kappa shape index (κ2) is 7.25. The number of carbonyl (C=O) groups is 1. The fourth-order valence-corrected chi connectivity index (χ4v) is 2.05. The Balaban J connectivity index is 1.92. The highest BCUT2D eigenvalue weighted by Crippen LogP contribution is 2.22. The Kier molecular flexibility index (Phi) is 5.37. The summed E-state index contributed by atoms with van der Waals surface area (Å²) in [7, 11) is 0. The average molecular weight is 325 g/mol. The van der Waals surface area contributed by atoms with Crippen LogP contribution in [0.4, 0.5) is 4.39 Å². The minimum Gasteiger partial charge on any atom is -0.458 e. The molecule has 0 radical (unpaired) electrons. The topological polar surface area (TPSA) is 26.3 Å². The molecule has 0 aromatic heterocycles. The van der Waals surface area contributed by atoms with Crippen LogP contribution in [0.25, 0.3) is 6.08 Å². The van der Waals surface area contributed by atoms with Crippen molar-refractivity contribution in [2.45, 2.75) is 6.61 Å². The van der Waals surface area contributed by atoms with Gasteiger partial charge in [-0.2, -0.15) is 0 Å². The van der Waals surface area contributed by atoms with Crippen molar-refractivity contribution in [3.05, 3.63) is 75.5 Å². The first kappa shape index (κ1) is 15.5. The van der Waals surface area contributed by atoms with Crippen LogP contribution in [0.15, 0.2) is 48.5 Å². The maximum atomic E-state index is 12.7. The Labute approximate surface area is 131 Å². The minimum absolute atomic E-state index is 0.0812.